The second-order valence-electron chi connectivity index (χ2n) is 2.78. The van der Waals surface area contributed by atoms with Crippen LogP contribution in [0.2, 0.25) is 0 Å². The summed E-state index contributed by atoms with van der Waals surface area (Å²) in [7, 11) is 0. The van der Waals surface area contributed by atoms with Gasteiger partial charge in [0.25, 0.3) is 0 Å². The monoisotopic (exact) mass is 166 g/mol. The molecule has 0 unspecified atom stereocenters. The third-order valence-corrected chi connectivity index (χ3v) is 2.82. The molecule has 0 saturated carbocycles. The molecule has 0 aliphatic rings. The second-order valence-corrected chi connectivity index (χ2v) is 3.99. The third kappa shape index (κ3) is 0.878. The van der Waals surface area contributed by atoms with Crippen LogP contribution in [0.4, 0.5) is 0 Å². The van der Waals surface area contributed by atoms with Crippen molar-refractivity contribution in [2.24, 2.45) is 0 Å². The van der Waals surface area contributed by atoms with E-state index in [-0.39, 0.29) is 0 Å². The van der Waals surface area contributed by atoms with Gasteiger partial charge >= 0.3 is 0 Å². The van der Waals surface area contributed by atoms with Crippen LogP contribution in [0.1, 0.15) is 16.3 Å². The number of fused-ring (bicyclic) bond motifs is 1. The van der Waals surface area contributed by atoms with Gasteiger partial charge in [-0.1, -0.05) is 0 Å². The van der Waals surface area contributed by atoms with Crippen LogP contribution in [-0.4, -0.2) is 9.38 Å². The molecule has 3 heteroatoms. The first-order chi connectivity index (χ1) is 5.18. The average Bonchev–Trinajstić information content (AvgIpc) is 2.37. The summed E-state index contributed by atoms with van der Waals surface area (Å²) in [6, 6.07) is 0. The van der Waals surface area contributed by atoms with Crippen molar-refractivity contribution in [1.82, 2.24) is 9.38 Å². The fraction of sp³-hybridized carbons (Fsp3) is 0.375. The second kappa shape index (κ2) is 2.08. The lowest BCUT2D eigenvalue weighted by atomic mass is 10.4. The standard InChI is InChI=1S/C8H10N2S/c1-5-4-10-7(3)6(2)9-8(10)11-5/h4H,1-3H3. The first-order valence-electron chi connectivity index (χ1n) is 3.60. The van der Waals surface area contributed by atoms with E-state index in [0.717, 1.165) is 10.7 Å². The highest BCUT2D eigenvalue weighted by Gasteiger charge is 2.05. The molecule has 0 spiro atoms. The molecule has 0 radical (unpaired) electrons. The van der Waals surface area contributed by atoms with Gasteiger partial charge < -0.3 is 0 Å². The van der Waals surface area contributed by atoms with Crippen molar-refractivity contribution >= 4 is 16.3 Å². The zero-order valence-electron chi connectivity index (χ0n) is 6.88. The zero-order chi connectivity index (χ0) is 8.01. The van der Waals surface area contributed by atoms with Gasteiger partial charge in [0, 0.05) is 16.8 Å². The van der Waals surface area contributed by atoms with Crippen molar-refractivity contribution in [3.8, 4) is 0 Å². The summed E-state index contributed by atoms with van der Waals surface area (Å²) in [6.45, 7) is 6.25. The molecule has 58 valence electrons. The maximum Gasteiger partial charge on any atom is 0.194 e. The van der Waals surface area contributed by atoms with E-state index in [1.165, 1.54) is 10.6 Å². The molecule has 0 aromatic carbocycles. The van der Waals surface area contributed by atoms with Crippen molar-refractivity contribution < 1.29 is 0 Å². The number of imidazole rings is 1. The highest BCUT2D eigenvalue weighted by atomic mass is 32.1. The van der Waals surface area contributed by atoms with Crippen LogP contribution in [0, 0.1) is 20.8 Å². The number of hydrogen-bond acceptors (Lipinski definition) is 2. The van der Waals surface area contributed by atoms with Crippen molar-refractivity contribution in [3.63, 3.8) is 0 Å². The molecule has 11 heavy (non-hydrogen) atoms. The molecular weight excluding hydrogens is 156 g/mol. The Bertz CT molecular complexity index is 397. The first-order valence-corrected chi connectivity index (χ1v) is 4.42. The molecule has 0 fully saturated rings. The van der Waals surface area contributed by atoms with Crippen LogP contribution >= 0.6 is 11.3 Å². The Labute approximate surface area is 69.5 Å². The molecule has 2 nitrogen and oxygen atoms in total. The summed E-state index contributed by atoms with van der Waals surface area (Å²) in [5, 5.41) is 0. The summed E-state index contributed by atoms with van der Waals surface area (Å²) in [6.07, 6.45) is 2.13. The minimum atomic E-state index is 1.11. The van der Waals surface area contributed by atoms with E-state index in [1.807, 2.05) is 6.92 Å². The normalized spacial score (nSPS) is 11.2. The molecule has 0 aliphatic heterocycles. The Kier molecular flexibility index (Phi) is 1.29. The third-order valence-electron chi connectivity index (χ3n) is 1.92. The zero-order valence-corrected chi connectivity index (χ0v) is 7.70. The van der Waals surface area contributed by atoms with Gasteiger partial charge in [0.2, 0.25) is 0 Å². The predicted octanol–water partition coefficient (Wildman–Crippen LogP) is 2.32. The number of hydrogen-bond donors (Lipinski definition) is 0. The van der Waals surface area contributed by atoms with Crippen molar-refractivity contribution in [2.75, 3.05) is 0 Å². The molecule has 0 N–H and O–H groups in total. The lowest BCUT2D eigenvalue weighted by molar-refractivity contribution is 1.10. The van der Waals surface area contributed by atoms with Crippen molar-refractivity contribution in [2.45, 2.75) is 20.8 Å². The molecular formula is C8H10N2S. The van der Waals surface area contributed by atoms with E-state index >= 15 is 0 Å². The summed E-state index contributed by atoms with van der Waals surface area (Å²) >= 11 is 1.74. The highest BCUT2D eigenvalue weighted by Crippen LogP contribution is 2.19. The molecule has 0 bridgehead atoms. The lowest BCUT2D eigenvalue weighted by Crippen LogP contribution is -1.81. The number of thiazole rings is 1. The van der Waals surface area contributed by atoms with E-state index in [9.17, 15) is 0 Å². The van der Waals surface area contributed by atoms with Gasteiger partial charge in [0.05, 0.1) is 5.69 Å². The Balaban J connectivity index is 2.88. The predicted molar refractivity (Wildman–Crippen MR) is 47.3 cm³/mol. The SMILES string of the molecule is Cc1cn2c(C)c(C)nc2s1. The number of rotatable bonds is 0. The number of aryl methyl sites for hydroxylation is 3. The Morgan fingerprint density at radius 3 is 2.73 bits per heavy atom. The van der Waals surface area contributed by atoms with Crippen molar-refractivity contribution in [3.05, 3.63) is 22.5 Å². The molecule has 0 amide bonds. The molecule has 2 aromatic heterocycles. The van der Waals surface area contributed by atoms with Gasteiger partial charge in [-0.2, -0.15) is 0 Å². The molecule has 0 atom stereocenters. The van der Waals surface area contributed by atoms with E-state index in [2.05, 4.69) is 29.4 Å². The van der Waals surface area contributed by atoms with E-state index in [4.69, 9.17) is 0 Å². The van der Waals surface area contributed by atoms with Crippen LogP contribution in [0.15, 0.2) is 6.20 Å². The van der Waals surface area contributed by atoms with E-state index < -0.39 is 0 Å². The molecule has 2 heterocycles. The Morgan fingerprint density at radius 1 is 1.36 bits per heavy atom. The smallest absolute Gasteiger partial charge is 0.194 e. The topological polar surface area (TPSA) is 17.3 Å². The average molecular weight is 166 g/mol. The first kappa shape index (κ1) is 6.85. The van der Waals surface area contributed by atoms with Gasteiger partial charge in [-0.3, -0.25) is 4.40 Å². The lowest BCUT2D eigenvalue weighted by Gasteiger charge is -1.87. The van der Waals surface area contributed by atoms with Crippen LogP contribution in [-0.2, 0) is 0 Å². The molecule has 2 aromatic rings. The van der Waals surface area contributed by atoms with Gasteiger partial charge in [0.15, 0.2) is 4.96 Å². The summed E-state index contributed by atoms with van der Waals surface area (Å²) in [5.41, 5.74) is 2.39. The summed E-state index contributed by atoms with van der Waals surface area (Å²) < 4.78 is 2.15. The number of nitrogens with zero attached hydrogens (tertiary/aromatic N) is 2. The van der Waals surface area contributed by atoms with Crippen LogP contribution in [0.3, 0.4) is 0 Å². The fourth-order valence-corrected chi connectivity index (χ4v) is 2.09. The minimum Gasteiger partial charge on any atom is -0.294 e. The minimum absolute atomic E-state index is 1.11. The maximum absolute atomic E-state index is 4.42. The maximum atomic E-state index is 4.42. The van der Waals surface area contributed by atoms with E-state index in [1.54, 1.807) is 11.3 Å². The Morgan fingerprint density at radius 2 is 2.09 bits per heavy atom. The quantitative estimate of drug-likeness (QED) is 0.587. The van der Waals surface area contributed by atoms with Crippen LogP contribution < -0.4 is 0 Å². The van der Waals surface area contributed by atoms with Gasteiger partial charge in [-0.05, 0) is 20.8 Å². The largest absolute Gasteiger partial charge is 0.294 e. The van der Waals surface area contributed by atoms with Gasteiger partial charge in [-0.25, -0.2) is 4.98 Å². The molecule has 0 saturated heterocycles. The van der Waals surface area contributed by atoms with Gasteiger partial charge in [0.1, 0.15) is 0 Å². The fourth-order valence-electron chi connectivity index (χ4n) is 1.17. The van der Waals surface area contributed by atoms with Crippen LogP contribution in [0.25, 0.3) is 4.96 Å². The van der Waals surface area contributed by atoms with Crippen LogP contribution in [0.5, 0.6) is 0 Å². The molecule has 2 rings (SSSR count). The summed E-state index contributed by atoms with van der Waals surface area (Å²) in [5.74, 6) is 0. The highest BCUT2D eigenvalue weighted by molar-refractivity contribution is 7.16. The van der Waals surface area contributed by atoms with Gasteiger partial charge in [-0.15, -0.1) is 11.3 Å². The molecule has 0 aliphatic carbocycles. The van der Waals surface area contributed by atoms with E-state index in [0.29, 0.717) is 0 Å². The Hall–Kier alpha value is -0.830. The number of aromatic nitrogens is 2. The summed E-state index contributed by atoms with van der Waals surface area (Å²) in [4.78, 5) is 6.84. The van der Waals surface area contributed by atoms with Crippen molar-refractivity contribution in [1.29, 1.82) is 0 Å².